The maximum atomic E-state index is 11.9. The van der Waals surface area contributed by atoms with Crippen molar-refractivity contribution < 1.29 is 9.53 Å². The lowest BCUT2D eigenvalue weighted by Crippen LogP contribution is -2.12. The van der Waals surface area contributed by atoms with E-state index in [2.05, 4.69) is 15.3 Å². The van der Waals surface area contributed by atoms with Gasteiger partial charge in [-0.2, -0.15) is 0 Å². The summed E-state index contributed by atoms with van der Waals surface area (Å²) in [5.74, 6) is 0.0893. The van der Waals surface area contributed by atoms with Crippen LogP contribution in [0.5, 0.6) is 5.88 Å². The standard InChI is InChI=1S/C12H10ClN3O2/c1-18-11-6-8(2-5-15-11)16-12(17)9-7-14-4-3-10(9)13/h2-7H,1H3,(H,15,16,17). The van der Waals surface area contributed by atoms with E-state index in [4.69, 9.17) is 16.3 Å². The molecule has 0 bridgehead atoms. The van der Waals surface area contributed by atoms with Gasteiger partial charge in [0.2, 0.25) is 5.88 Å². The molecule has 0 spiro atoms. The predicted octanol–water partition coefficient (Wildman–Crippen LogP) is 2.39. The van der Waals surface area contributed by atoms with Crippen molar-refractivity contribution >= 4 is 23.2 Å². The van der Waals surface area contributed by atoms with Crippen LogP contribution in [-0.2, 0) is 0 Å². The van der Waals surface area contributed by atoms with Gasteiger partial charge < -0.3 is 10.1 Å². The molecule has 2 heterocycles. The monoisotopic (exact) mass is 263 g/mol. The Balaban J connectivity index is 2.19. The Kier molecular flexibility index (Phi) is 3.74. The summed E-state index contributed by atoms with van der Waals surface area (Å²) in [5.41, 5.74) is 0.890. The van der Waals surface area contributed by atoms with Crippen molar-refractivity contribution in [1.82, 2.24) is 9.97 Å². The Labute approximate surface area is 109 Å². The zero-order chi connectivity index (χ0) is 13.0. The number of halogens is 1. The summed E-state index contributed by atoms with van der Waals surface area (Å²) in [7, 11) is 1.51. The highest BCUT2D eigenvalue weighted by molar-refractivity contribution is 6.34. The summed E-state index contributed by atoms with van der Waals surface area (Å²) in [6.07, 6.45) is 4.48. The molecule has 0 aliphatic heterocycles. The molecule has 0 radical (unpaired) electrons. The number of nitrogens with zero attached hydrogens (tertiary/aromatic N) is 2. The number of amides is 1. The van der Waals surface area contributed by atoms with E-state index in [1.165, 1.54) is 19.5 Å². The van der Waals surface area contributed by atoms with Crippen molar-refractivity contribution in [2.24, 2.45) is 0 Å². The van der Waals surface area contributed by atoms with Crippen molar-refractivity contribution in [3.63, 3.8) is 0 Å². The van der Waals surface area contributed by atoms with E-state index in [9.17, 15) is 4.79 Å². The molecule has 2 aromatic rings. The van der Waals surface area contributed by atoms with Crippen molar-refractivity contribution in [2.75, 3.05) is 12.4 Å². The van der Waals surface area contributed by atoms with Crippen LogP contribution in [0.25, 0.3) is 0 Å². The van der Waals surface area contributed by atoms with Gasteiger partial charge in [-0.15, -0.1) is 0 Å². The first-order valence-corrected chi connectivity index (χ1v) is 5.49. The molecule has 6 heteroatoms. The SMILES string of the molecule is COc1cc(NC(=O)c2cnccc2Cl)ccn1. The zero-order valence-electron chi connectivity index (χ0n) is 9.55. The number of aromatic nitrogens is 2. The Bertz CT molecular complexity index is 575. The molecule has 2 rings (SSSR count). The van der Waals surface area contributed by atoms with Crippen LogP contribution in [0.1, 0.15) is 10.4 Å². The lowest BCUT2D eigenvalue weighted by atomic mass is 10.2. The van der Waals surface area contributed by atoms with Crippen LogP contribution in [0, 0.1) is 0 Å². The highest BCUT2D eigenvalue weighted by atomic mass is 35.5. The molecule has 0 saturated heterocycles. The van der Waals surface area contributed by atoms with Gasteiger partial charge in [-0.3, -0.25) is 9.78 Å². The normalized spacial score (nSPS) is 9.89. The summed E-state index contributed by atoms with van der Waals surface area (Å²) in [6.45, 7) is 0. The van der Waals surface area contributed by atoms with Gasteiger partial charge in [0.05, 0.1) is 17.7 Å². The third kappa shape index (κ3) is 2.75. The molecule has 0 aliphatic carbocycles. The lowest BCUT2D eigenvalue weighted by Gasteiger charge is -2.07. The quantitative estimate of drug-likeness (QED) is 0.923. The van der Waals surface area contributed by atoms with Crippen LogP contribution >= 0.6 is 11.6 Å². The molecule has 0 saturated carbocycles. The number of carbonyl (C=O) groups excluding carboxylic acids is 1. The fourth-order valence-electron chi connectivity index (χ4n) is 1.34. The van der Waals surface area contributed by atoms with E-state index in [0.717, 1.165) is 0 Å². The van der Waals surface area contributed by atoms with E-state index in [1.54, 1.807) is 24.4 Å². The van der Waals surface area contributed by atoms with E-state index in [0.29, 0.717) is 22.2 Å². The highest BCUT2D eigenvalue weighted by Crippen LogP contribution is 2.17. The maximum Gasteiger partial charge on any atom is 0.258 e. The minimum absolute atomic E-state index is 0.315. The van der Waals surface area contributed by atoms with Gasteiger partial charge in [-0.25, -0.2) is 4.98 Å². The van der Waals surface area contributed by atoms with Crippen LogP contribution in [0.2, 0.25) is 5.02 Å². The highest BCUT2D eigenvalue weighted by Gasteiger charge is 2.10. The third-order valence-corrected chi connectivity index (χ3v) is 2.54. The number of methoxy groups -OCH3 is 1. The van der Waals surface area contributed by atoms with E-state index in [1.807, 2.05) is 0 Å². The van der Waals surface area contributed by atoms with Crippen LogP contribution in [0.3, 0.4) is 0 Å². The van der Waals surface area contributed by atoms with E-state index >= 15 is 0 Å². The van der Waals surface area contributed by atoms with Gasteiger partial charge >= 0.3 is 0 Å². The molecule has 1 N–H and O–H groups in total. The largest absolute Gasteiger partial charge is 0.481 e. The summed E-state index contributed by atoms with van der Waals surface area (Å²) in [6, 6.07) is 4.83. The number of nitrogens with one attached hydrogen (secondary N) is 1. The van der Waals surface area contributed by atoms with Gasteiger partial charge in [0.15, 0.2) is 0 Å². The second-order valence-electron chi connectivity index (χ2n) is 3.40. The predicted molar refractivity (Wildman–Crippen MR) is 68.0 cm³/mol. The number of anilines is 1. The summed E-state index contributed by atoms with van der Waals surface area (Å²) in [4.78, 5) is 19.7. The first-order chi connectivity index (χ1) is 8.70. The second-order valence-corrected chi connectivity index (χ2v) is 3.80. The first-order valence-electron chi connectivity index (χ1n) is 5.11. The number of hydrogen-bond donors (Lipinski definition) is 1. The van der Waals surface area contributed by atoms with Gasteiger partial charge in [-0.05, 0) is 12.1 Å². The number of ether oxygens (including phenoxy) is 1. The van der Waals surface area contributed by atoms with Gasteiger partial charge in [0.25, 0.3) is 5.91 Å². The average Bonchev–Trinajstić information content (AvgIpc) is 2.39. The Morgan fingerprint density at radius 2 is 2.22 bits per heavy atom. The van der Waals surface area contributed by atoms with Crippen molar-refractivity contribution in [3.8, 4) is 5.88 Å². The van der Waals surface area contributed by atoms with Crippen LogP contribution in [0.15, 0.2) is 36.8 Å². The van der Waals surface area contributed by atoms with Crippen molar-refractivity contribution in [1.29, 1.82) is 0 Å². The molecule has 18 heavy (non-hydrogen) atoms. The Morgan fingerprint density at radius 1 is 1.39 bits per heavy atom. The third-order valence-electron chi connectivity index (χ3n) is 2.21. The zero-order valence-corrected chi connectivity index (χ0v) is 10.3. The molecule has 1 amide bonds. The number of hydrogen-bond acceptors (Lipinski definition) is 4. The smallest absolute Gasteiger partial charge is 0.258 e. The van der Waals surface area contributed by atoms with Crippen LogP contribution < -0.4 is 10.1 Å². The van der Waals surface area contributed by atoms with Crippen molar-refractivity contribution in [3.05, 3.63) is 47.4 Å². The lowest BCUT2D eigenvalue weighted by molar-refractivity contribution is 0.102. The fraction of sp³-hybridized carbons (Fsp3) is 0.0833. The molecule has 0 atom stereocenters. The summed E-state index contributed by atoms with van der Waals surface area (Å²) >= 11 is 5.91. The Morgan fingerprint density at radius 3 is 2.94 bits per heavy atom. The summed E-state index contributed by atoms with van der Waals surface area (Å²) < 4.78 is 4.97. The van der Waals surface area contributed by atoms with Gasteiger partial charge in [0, 0.05) is 30.3 Å². The molecule has 0 fully saturated rings. The fourth-order valence-corrected chi connectivity index (χ4v) is 1.53. The van der Waals surface area contributed by atoms with Gasteiger partial charge in [-0.1, -0.05) is 11.6 Å². The molecule has 5 nitrogen and oxygen atoms in total. The van der Waals surface area contributed by atoms with Gasteiger partial charge in [0.1, 0.15) is 0 Å². The first kappa shape index (κ1) is 12.3. The Hall–Kier alpha value is -2.14. The number of rotatable bonds is 3. The molecular weight excluding hydrogens is 254 g/mol. The molecule has 2 aromatic heterocycles. The second kappa shape index (κ2) is 5.46. The maximum absolute atomic E-state index is 11.9. The minimum Gasteiger partial charge on any atom is -0.481 e. The minimum atomic E-state index is -0.332. The van der Waals surface area contributed by atoms with E-state index < -0.39 is 0 Å². The summed E-state index contributed by atoms with van der Waals surface area (Å²) in [5, 5.41) is 3.04. The topological polar surface area (TPSA) is 64.1 Å². The molecule has 0 aromatic carbocycles. The number of pyridine rings is 2. The van der Waals surface area contributed by atoms with Crippen LogP contribution in [0.4, 0.5) is 5.69 Å². The van der Waals surface area contributed by atoms with Crippen molar-refractivity contribution in [2.45, 2.75) is 0 Å². The molecule has 0 unspecified atom stereocenters. The molecule has 0 aliphatic rings. The average molecular weight is 264 g/mol. The van der Waals surface area contributed by atoms with Crippen LogP contribution in [-0.4, -0.2) is 23.0 Å². The molecule has 92 valence electrons. The van der Waals surface area contributed by atoms with E-state index in [-0.39, 0.29) is 5.91 Å². The molecular formula is C12H10ClN3O2. The number of carbonyl (C=O) groups is 1.